The molecule has 1 saturated heterocycles. The van der Waals surface area contributed by atoms with Gasteiger partial charge in [0, 0.05) is 6.54 Å². The molecule has 33 heavy (non-hydrogen) atoms. The lowest BCUT2D eigenvalue weighted by atomic mass is 10.1. The summed E-state index contributed by atoms with van der Waals surface area (Å²) in [6.45, 7) is 0.627. The number of carbonyl (C=O) groups excluding carboxylic acids is 3. The quantitative estimate of drug-likeness (QED) is 0.197. The molecule has 1 fully saturated rings. The number of aliphatic hydroxyl groups is 2. The molecule has 2 rings (SSSR count). The minimum atomic E-state index is -1.46. The highest BCUT2D eigenvalue weighted by Gasteiger charge is 2.40. The number of aliphatic carboxylic acids is 1. The molecule has 0 saturated carbocycles. The first-order valence-corrected chi connectivity index (χ1v) is 10.5. The fourth-order valence-electron chi connectivity index (χ4n) is 3.56. The number of likely N-dealkylation sites (tertiary alicyclic amines) is 1. The number of carboxylic acids is 1. The van der Waals surface area contributed by atoms with E-state index in [9.17, 15) is 39.6 Å². The second-order valence-corrected chi connectivity index (χ2v) is 7.98. The van der Waals surface area contributed by atoms with Gasteiger partial charge in [0.1, 0.15) is 23.9 Å². The Bertz CT molecular complexity index is 860. The molecule has 0 unspecified atom stereocenters. The number of phenols is 1. The Labute approximate surface area is 190 Å². The number of nitrogens with two attached hydrogens (primary N) is 1. The summed E-state index contributed by atoms with van der Waals surface area (Å²) in [6.07, 6.45) is -0.525. The topological polar surface area (TPSA) is 203 Å². The van der Waals surface area contributed by atoms with Gasteiger partial charge in [0.2, 0.25) is 17.7 Å². The third-order valence-electron chi connectivity index (χ3n) is 5.41. The van der Waals surface area contributed by atoms with Crippen molar-refractivity contribution in [1.29, 1.82) is 0 Å². The summed E-state index contributed by atoms with van der Waals surface area (Å²) in [5.41, 5.74) is 6.54. The van der Waals surface area contributed by atoms with Gasteiger partial charge in [-0.3, -0.25) is 14.4 Å². The van der Waals surface area contributed by atoms with Gasteiger partial charge in [-0.2, -0.15) is 0 Å². The highest BCUT2D eigenvalue weighted by Crippen LogP contribution is 2.19. The fraction of sp³-hybridized carbons (Fsp3) is 0.524. The number of carboxylic acid groups (broad SMARTS) is 1. The van der Waals surface area contributed by atoms with Crippen LogP contribution in [0.2, 0.25) is 0 Å². The third kappa shape index (κ3) is 6.88. The Morgan fingerprint density at radius 2 is 1.79 bits per heavy atom. The summed E-state index contributed by atoms with van der Waals surface area (Å²) in [6, 6.07) is 1.01. The highest BCUT2D eigenvalue weighted by molar-refractivity contribution is 5.94. The average molecular weight is 466 g/mol. The molecule has 0 bridgehead atoms. The number of carbonyl (C=O) groups is 4. The first-order valence-electron chi connectivity index (χ1n) is 10.5. The summed E-state index contributed by atoms with van der Waals surface area (Å²) < 4.78 is 0. The minimum Gasteiger partial charge on any atom is -0.508 e. The van der Waals surface area contributed by atoms with Gasteiger partial charge >= 0.3 is 5.97 Å². The Morgan fingerprint density at radius 1 is 1.15 bits per heavy atom. The SMILES string of the molecule is C[C@@H](O)[C@H](NC(=O)[C@H](CO)NC(=O)[C@@H](N)Cc1ccc(O)cc1)C(=O)N1CCC[C@H]1C(=O)O. The highest BCUT2D eigenvalue weighted by atomic mass is 16.4. The van der Waals surface area contributed by atoms with Crippen molar-refractivity contribution in [2.45, 2.75) is 56.5 Å². The number of rotatable bonds is 10. The van der Waals surface area contributed by atoms with E-state index in [0.29, 0.717) is 12.0 Å². The predicted octanol–water partition coefficient (Wildman–Crippen LogP) is -2.32. The molecule has 0 radical (unpaired) electrons. The third-order valence-corrected chi connectivity index (χ3v) is 5.41. The summed E-state index contributed by atoms with van der Waals surface area (Å²) >= 11 is 0. The van der Waals surface area contributed by atoms with E-state index in [1.165, 1.54) is 19.1 Å². The van der Waals surface area contributed by atoms with Crippen LogP contribution in [0.15, 0.2) is 24.3 Å². The molecule has 1 aliphatic rings. The Balaban J connectivity index is 2.01. The molecular formula is C21H30N4O8. The molecule has 8 N–H and O–H groups in total. The van der Waals surface area contributed by atoms with E-state index in [-0.39, 0.29) is 25.1 Å². The molecule has 3 amide bonds. The molecule has 12 nitrogen and oxygen atoms in total. The van der Waals surface area contributed by atoms with Crippen LogP contribution in [0.5, 0.6) is 5.75 Å². The van der Waals surface area contributed by atoms with Crippen molar-refractivity contribution >= 4 is 23.7 Å². The number of amides is 3. The normalized spacial score (nSPS) is 19.3. The zero-order valence-corrected chi connectivity index (χ0v) is 18.2. The molecule has 5 atom stereocenters. The number of phenolic OH excluding ortho intramolecular Hbond substituents is 1. The number of benzene rings is 1. The van der Waals surface area contributed by atoms with Crippen LogP contribution < -0.4 is 16.4 Å². The molecule has 0 spiro atoms. The minimum absolute atomic E-state index is 0.0552. The van der Waals surface area contributed by atoms with E-state index in [1.807, 2.05) is 0 Å². The van der Waals surface area contributed by atoms with E-state index in [0.717, 1.165) is 4.90 Å². The maximum absolute atomic E-state index is 12.8. The summed E-state index contributed by atoms with van der Waals surface area (Å²) in [5, 5.41) is 42.8. The molecule has 1 heterocycles. The fourth-order valence-corrected chi connectivity index (χ4v) is 3.56. The van der Waals surface area contributed by atoms with Gasteiger partial charge in [-0.1, -0.05) is 12.1 Å². The molecule has 0 aliphatic carbocycles. The van der Waals surface area contributed by atoms with E-state index in [2.05, 4.69) is 10.6 Å². The van der Waals surface area contributed by atoms with E-state index in [1.54, 1.807) is 12.1 Å². The summed E-state index contributed by atoms with van der Waals surface area (Å²) in [4.78, 5) is 50.3. The van der Waals surface area contributed by atoms with Crippen LogP contribution in [0.4, 0.5) is 0 Å². The van der Waals surface area contributed by atoms with Gasteiger partial charge < -0.3 is 41.7 Å². The molecule has 1 aromatic rings. The Morgan fingerprint density at radius 3 is 2.33 bits per heavy atom. The predicted molar refractivity (Wildman–Crippen MR) is 115 cm³/mol. The second kappa shape index (κ2) is 11.6. The maximum Gasteiger partial charge on any atom is 0.326 e. The van der Waals surface area contributed by atoms with Crippen LogP contribution in [0.25, 0.3) is 0 Å². The average Bonchev–Trinajstić information content (AvgIpc) is 3.26. The lowest BCUT2D eigenvalue weighted by Crippen LogP contribution is -2.60. The van der Waals surface area contributed by atoms with Crippen molar-refractivity contribution in [1.82, 2.24) is 15.5 Å². The Kier molecular flexibility index (Phi) is 9.14. The van der Waals surface area contributed by atoms with Crippen molar-refractivity contribution in [3.63, 3.8) is 0 Å². The van der Waals surface area contributed by atoms with Crippen molar-refractivity contribution < 1.29 is 39.6 Å². The molecule has 182 valence electrons. The van der Waals surface area contributed by atoms with Crippen LogP contribution in [0.3, 0.4) is 0 Å². The van der Waals surface area contributed by atoms with Crippen LogP contribution >= 0.6 is 0 Å². The smallest absolute Gasteiger partial charge is 0.326 e. The number of hydrogen-bond donors (Lipinski definition) is 7. The van der Waals surface area contributed by atoms with E-state index < -0.39 is 60.6 Å². The lowest BCUT2D eigenvalue weighted by Gasteiger charge is -2.30. The largest absolute Gasteiger partial charge is 0.508 e. The molecule has 1 aliphatic heterocycles. The molecular weight excluding hydrogens is 436 g/mol. The number of nitrogens with one attached hydrogen (secondary N) is 2. The van der Waals surface area contributed by atoms with E-state index >= 15 is 0 Å². The van der Waals surface area contributed by atoms with Crippen molar-refractivity contribution in [3.8, 4) is 5.75 Å². The molecule has 0 aromatic heterocycles. The molecule has 12 heteroatoms. The van der Waals surface area contributed by atoms with Gasteiger partial charge in [0.05, 0.1) is 18.8 Å². The lowest BCUT2D eigenvalue weighted by molar-refractivity contribution is -0.150. The number of nitrogens with zero attached hydrogens (tertiary/aromatic N) is 1. The number of aliphatic hydroxyl groups excluding tert-OH is 2. The number of hydrogen-bond acceptors (Lipinski definition) is 8. The van der Waals surface area contributed by atoms with Gasteiger partial charge in [0.25, 0.3) is 0 Å². The first kappa shape index (κ1) is 26.0. The maximum atomic E-state index is 12.8. The Hall–Kier alpha value is -3.22. The standard InChI is InChI=1S/C21H30N4O8/c1-11(27)17(20(31)25-8-2-3-16(25)21(32)33)24-19(30)15(10-26)23-18(29)14(22)9-12-4-6-13(28)7-5-12/h4-7,11,14-17,26-28H,2-3,8-10,22H2,1H3,(H,23,29)(H,24,30)(H,32,33)/t11-,14+,15+,16+,17+/m1/s1. The molecule has 1 aromatic carbocycles. The van der Waals surface area contributed by atoms with E-state index in [4.69, 9.17) is 5.73 Å². The van der Waals surface area contributed by atoms with Crippen LogP contribution in [-0.4, -0.2) is 92.4 Å². The first-order chi connectivity index (χ1) is 15.5. The number of aromatic hydroxyl groups is 1. The van der Waals surface area contributed by atoms with Crippen LogP contribution in [0, 0.1) is 0 Å². The zero-order valence-electron chi connectivity index (χ0n) is 18.2. The van der Waals surface area contributed by atoms with Gasteiger partial charge in [0.15, 0.2) is 0 Å². The summed E-state index contributed by atoms with van der Waals surface area (Å²) in [5.74, 6) is -3.56. The monoisotopic (exact) mass is 466 g/mol. The van der Waals surface area contributed by atoms with Gasteiger partial charge in [-0.05, 0) is 43.9 Å². The van der Waals surface area contributed by atoms with Crippen LogP contribution in [0.1, 0.15) is 25.3 Å². The van der Waals surface area contributed by atoms with Crippen molar-refractivity contribution in [3.05, 3.63) is 29.8 Å². The van der Waals surface area contributed by atoms with Gasteiger partial charge in [-0.15, -0.1) is 0 Å². The summed E-state index contributed by atoms with van der Waals surface area (Å²) in [7, 11) is 0. The van der Waals surface area contributed by atoms with Crippen molar-refractivity contribution in [2.75, 3.05) is 13.2 Å². The zero-order chi connectivity index (χ0) is 24.7. The van der Waals surface area contributed by atoms with Crippen LogP contribution in [-0.2, 0) is 25.6 Å². The second-order valence-electron chi connectivity index (χ2n) is 7.98. The van der Waals surface area contributed by atoms with Crippen molar-refractivity contribution in [2.24, 2.45) is 5.73 Å². The van der Waals surface area contributed by atoms with Gasteiger partial charge in [-0.25, -0.2) is 4.79 Å².